The van der Waals surface area contributed by atoms with Crippen molar-refractivity contribution in [1.82, 2.24) is 0 Å². The van der Waals surface area contributed by atoms with Crippen LogP contribution in [0.3, 0.4) is 0 Å². The maximum absolute atomic E-state index is 15.0. The van der Waals surface area contributed by atoms with Crippen LogP contribution < -0.4 is 10.1 Å². The zero-order valence-electron chi connectivity index (χ0n) is 23.3. The topological polar surface area (TPSA) is 121 Å². The molecular formula is C30H30F4N2O6. The molecule has 3 aromatic rings. The first kappa shape index (κ1) is 32.1. The molecule has 0 saturated heterocycles. The molecule has 0 atom stereocenters. The van der Waals surface area contributed by atoms with E-state index in [4.69, 9.17) is 9.47 Å². The van der Waals surface area contributed by atoms with Gasteiger partial charge in [-0.3, -0.25) is 4.99 Å². The van der Waals surface area contributed by atoms with Gasteiger partial charge in [0.15, 0.2) is 11.6 Å². The SMILES string of the molecule is CCOC(=O)C(C=Nc1cc(NCc2ccc(CO)cc2OC)c(F)cc1CO)=C(O)c1c(C)c(F)c(F)c(C)c1F. The molecular weight excluding hydrogens is 560 g/mol. The second kappa shape index (κ2) is 14.0. The van der Waals surface area contributed by atoms with E-state index in [0.29, 0.717) is 16.9 Å². The first-order valence-corrected chi connectivity index (χ1v) is 12.7. The third kappa shape index (κ3) is 6.72. The van der Waals surface area contributed by atoms with Crippen molar-refractivity contribution in [3.05, 3.63) is 92.6 Å². The van der Waals surface area contributed by atoms with Gasteiger partial charge in [0.2, 0.25) is 0 Å². The molecule has 0 aliphatic rings. The van der Waals surface area contributed by atoms with Gasteiger partial charge >= 0.3 is 5.97 Å². The summed E-state index contributed by atoms with van der Waals surface area (Å²) in [6, 6.07) is 7.25. The molecule has 3 rings (SSSR count). The van der Waals surface area contributed by atoms with E-state index in [-0.39, 0.29) is 36.7 Å². The van der Waals surface area contributed by atoms with Crippen LogP contribution >= 0.6 is 0 Å². The van der Waals surface area contributed by atoms with E-state index >= 15 is 0 Å². The average molecular weight is 591 g/mol. The van der Waals surface area contributed by atoms with Crippen LogP contribution in [0.2, 0.25) is 0 Å². The summed E-state index contributed by atoms with van der Waals surface area (Å²) in [6.07, 6.45) is 0.801. The molecule has 0 saturated carbocycles. The first-order chi connectivity index (χ1) is 20.0. The number of hydrogen-bond acceptors (Lipinski definition) is 8. The van der Waals surface area contributed by atoms with Gasteiger partial charge in [-0.2, -0.15) is 0 Å². The number of rotatable bonds is 11. The van der Waals surface area contributed by atoms with Crippen LogP contribution in [0, 0.1) is 37.1 Å². The number of nitrogens with one attached hydrogen (secondary N) is 1. The van der Waals surface area contributed by atoms with Gasteiger partial charge in [-0.1, -0.05) is 12.1 Å². The minimum absolute atomic E-state index is 0.00732. The zero-order chi connectivity index (χ0) is 31.1. The number of anilines is 1. The second-order valence-corrected chi connectivity index (χ2v) is 9.08. The molecule has 3 aromatic carbocycles. The first-order valence-electron chi connectivity index (χ1n) is 12.7. The molecule has 0 heterocycles. The Hall–Kier alpha value is -4.42. The Morgan fingerprint density at radius 2 is 1.67 bits per heavy atom. The lowest BCUT2D eigenvalue weighted by Crippen LogP contribution is -2.14. The monoisotopic (exact) mass is 590 g/mol. The highest BCUT2D eigenvalue weighted by molar-refractivity contribution is 6.15. The van der Waals surface area contributed by atoms with Crippen LogP contribution in [0.4, 0.5) is 28.9 Å². The van der Waals surface area contributed by atoms with Gasteiger partial charge < -0.3 is 30.1 Å². The molecule has 0 aliphatic carbocycles. The van der Waals surface area contributed by atoms with Crippen molar-refractivity contribution < 1.29 is 47.1 Å². The summed E-state index contributed by atoms with van der Waals surface area (Å²) in [4.78, 5) is 16.8. The van der Waals surface area contributed by atoms with Crippen LogP contribution in [-0.2, 0) is 29.3 Å². The fourth-order valence-electron chi connectivity index (χ4n) is 4.07. The van der Waals surface area contributed by atoms with E-state index in [1.165, 1.54) is 20.1 Å². The molecule has 0 fully saturated rings. The molecule has 0 bridgehead atoms. The summed E-state index contributed by atoms with van der Waals surface area (Å²) in [5.74, 6) is -6.62. The van der Waals surface area contributed by atoms with Gasteiger partial charge in [-0.15, -0.1) is 0 Å². The summed E-state index contributed by atoms with van der Waals surface area (Å²) in [5, 5.41) is 32.9. The number of halogens is 4. The van der Waals surface area contributed by atoms with E-state index in [0.717, 1.165) is 26.1 Å². The predicted octanol–water partition coefficient (Wildman–Crippen LogP) is 5.70. The van der Waals surface area contributed by atoms with Crippen LogP contribution in [0.25, 0.3) is 5.76 Å². The van der Waals surface area contributed by atoms with Crippen molar-refractivity contribution >= 4 is 29.3 Å². The van der Waals surface area contributed by atoms with Crippen molar-refractivity contribution in [1.29, 1.82) is 0 Å². The van der Waals surface area contributed by atoms with Gasteiger partial charge in [0.1, 0.15) is 28.7 Å². The predicted molar refractivity (Wildman–Crippen MR) is 149 cm³/mol. The number of benzene rings is 3. The smallest absolute Gasteiger partial charge is 0.343 e. The lowest BCUT2D eigenvalue weighted by molar-refractivity contribution is -0.137. The average Bonchev–Trinajstić information content (AvgIpc) is 2.98. The number of methoxy groups -OCH3 is 1. The highest BCUT2D eigenvalue weighted by Gasteiger charge is 2.26. The Labute approximate surface area is 239 Å². The van der Waals surface area contributed by atoms with Crippen molar-refractivity contribution in [3.8, 4) is 5.75 Å². The van der Waals surface area contributed by atoms with Crippen molar-refractivity contribution in [2.24, 2.45) is 4.99 Å². The van der Waals surface area contributed by atoms with Crippen molar-refractivity contribution in [2.45, 2.75) is 40.5 Å². The molecule has 0 amide bonds. The molecule has 224 valence electrons. The standard InChI is InChI=1S/C30H30F4N2O6/c1-5-42-30(40)20(29(39)25-15(2)27(33)28(34)16(3)26(25)32)12-36-22-10-23(21(31)9-19(22)14-38)35-11-18-7-6-17(13-37)8-24(18)41-4/h6-10,12,35,37-39H,5,11,13-14H2,1-4H3. The summed E-state index contributed by atoms with van der Waals surface area (Å²) >= 11 is 0. The summed E-state index contributed by atoms with van der Waals surface area (Å²) in [5.41, 5.74) is -1.56. The molecule has 0 aliphatic heterocycles. The van der Waals surface area contributed by atoms with Crippen LogP contribution in [0.5, 0.6) is 5.75 Å². The molecule has 0 spiro atoms. The number of aliphatic hydroxyl groups is 3. The van der Waals surface area contributed by atoms with Crippen LogP contribution in [0.15, 0.2) is 40.9 Å². The lowest BCUT2D eigenvalue weighted by atomic mass is 9.99. The second-order valence-electron chi connectivity index (χ2n) is 9.08. The van der Waals surface area contributed by atoms with E-state index in [2.05, 4.69) is 10.3 Å². The molecule has 0 radical (unpaired) electrons. The molecule has 42 heavy (non-hydrogen) atoms. The summed E-state index contributed by atoms with van der Waals surface area (Å²) < 4.78 is 68.5. The Morgan fingerprint density at radius 3 is 2.29 bits per heavy atom. The fourth-order valence-corrected chi connectivity index (χ4v) is 4.07. The summed E-state index contributed by atoms with van der Waals surface area (Å²) in [7, 11) is 1.45. The highest BCUT2D eigenvalue weighted by atomic mass is 19.2. The van der Waals surface area contributed by atoms with Crippen molar-refractivity contribution in [3.63, 3.8) is 0 Å². The number of ether oxygens (including phenoxy) is 2. The third-order valence-electron chi connectivity index (χ3n) is 6.44. The van der Waals surface area contributed by atoms with Gasteiger partial charge in [0, 0.05) is 35.0 Å². The van der Waals surface area contributed by atoms with E-state index in [1.807, 2.05) is 0 Å². The maximum atomic E-state index is 15.0. The Balaban J connectivity index is 2.08. The Bertz CT molecular complexity index is 1530. The van der Waals surface area contributed by atoms with E-state index < -0.39 is 63.9 Å². The Kier molecular flexibility index (Phi) is 10.7. The quantitative estimate of drug-likeness (QED) is 0.0565. The number of carbonyl (C=O) groups excluding carboxylic acids is 1. The molecule has 0 aromatic heterocycles. The highest BCUT2D eigenvalue weighted by Crippen LogP contribution is 2.32. The maximum Gasteiger partial charge on any atom is 0.343 e. The minimum atomic E-state index is -1.44. The fraction of sp³-hybridized carbons (Fsp3) is 0.267. The molecule has 8 nitrogen and oxygen atoms in total. The minimum Gasteiger partial charge on any atom is -0.506 e. The third-order valence-corrected chi connectivity index (χ3v) is 6.44. The zero-order valence-corrected chi connectivity index (χ0v) is 23.3. The number of hydrogen-bond donors (Lipinski definition) is 4. The number of carbonyl (C=O) groups is 1. The largest absolute Gasteiger partial charge is 0.506 e. The molecule has 0 unspecified atom stereocenters. The van der Waals surface area contributed by atoms with E-state index in [9.17, 15) is 37.7 Å². The van der Waals surface area contributed by atoms with E-state index in [1.54, 1.807) is 18.2 Å². The van der Waals surface area contributed by atoms with Crippen LogP contribution in [0.1, 0.15) is 40.3 Å². The van der Waals surface area contributed by atoms with Gasteiger partial charge in [0.25, 0.3) is 0 Å². The number of nitrogens with zero attached hydrogens (tertiary/aromatic N) is 1. The summed E-state index contributed by atoms with van der Waals surface area (Å²) in [6.45, 7) is 2.58. The molecule has 12 heteroatoms. The van der Waals surface area contributed by atoms with Gasteiger partial charge in [-0.05, 0) is 44.5 Å². The van der Waals surface area contributed by atoms with Gasteiger partial charge in [0.05, 0.1) is 43.9 Å². The number of aliphatic imine (C=N–C) groups is 1. The van der Waals surface area contributed by atoms with Crippen molar-refractivity contribution in [2.75, 3.05) is 19.0 Å². The number of aliphatic hydroxyl groups excluding tert-OH is 3. The molecule has 4 N–H and O–H groups in total. The number of esters is 1. The Morgan fingerprint density at radius 1 is 0.976 bits per heavy atom. The van der Waals surface area contributed by atoms with Gasteiger partial charge in [-0.25, -0.2) is 22.4 Å². The normalized spacial score (nSPS) is 12.0. The lowest BCUT2D eigenvalue weighted by Gasteiger charge is -2.15. The van der Waals surface area contributed by atoms with Crippen LogP contribution in [-0.4, -0.2) is 41.2 Å².